The van der Waals surface area contributed by atoms with Crippen LogP contribution < -0.4 is 5.32 Å². The van der Waals surface area contributed by atoms with Gasteiger partial charge >= 0.3 is 0 Å². The van der Waals surface area contributed by atoms with E-state index in [-0.39, 0.29) is 0 Å². The fourth-order valence-corrected chi connectivity index (χ4v) is 2.77. The van der Waals surface area contributed by atoms with Gasteiger partial charge in [0.25, 0.3) is 0 Å². The summed E-state index contributed by atoms with van der Waals surface area (Å²) in [5.74, 6) is 0.961. The van der Waals surface area contributed by atoms with Crippen molar-refractivity contribution in [3.05, 3.63) is 29.0 Å². The van der Waals surface area contributed by atoms with E-state index in [4.69, 9.17) is 0 Å². The van der Waals surface area contributed by atoms with Crippen LogP contribution in [0, 0.1) is 0 Å². The third-order valence-corrected chi connectivity index (χ3v) is 3.79. The van der Waals surface area contributed by atoms with E-state index in [1.54, 1.807) is 6.33 Å². The Bertz CT molecular complexity index is 535. The number of anilines is 1. The first-order chi connectivity index (χ1) is 8.33. The first kappa shape index (κ1) is 11.0. The van der Waals surface area contributed by atoms with E-state index in [2.05, 4.69) is 37.3 Å². The van der Waals surface area contributed by atoms with Gasteiger partial charge in [-0.2, -0.15) is 0 Å². The Morgan fingerprint density at radius 1 is 1.18 bits per heavy atom. The van der Waals surface area contributed by atoms with Crippen molar-refractivity contribution < 1.29 is 0 Å². The summed E-state index contributed by atoms with van der Waals surface area (Å²) in [7, 11) is 0. The number of aromatic nitrogens is 2. The Morgan fingerprint density at radius 3 is 2.82 bits per heavy atom. The first-order valence-corrected chi connectivity index (χ1v) is 6.79. The molecule has 1 aliphatic rings. The third kappa shape index (κ3) is 2.27. The van der Waals surface area contributed by atoms with Gasteiger partial charge in [0.1, 0.15) is 12.1 Å². The molecule has 3 nitrogen and oxygen atoms in total. The lowest BCUT2D eigenvalue weighted by atomic mass is 10.2. The molecule has 1 aromatic heterocycles. The highest BCUT2D eigenvalue weighted by Crippen LogP contribution is 2.27. The number of nitrogens with one attached hydrogen (secondary N) is 1. The molecule has 0 bridgehead atoms. The normalized spacial score (nSPS) is 16.5. The summed E-state index contributed by atoms with van der Waals surface area (Å²) < 4.78 is 1.06. The van der Waals surface area contributed by atoms with Crippen LogP contribution >= 0.6 is 15.9 Å². The van der Waals surface area contributed by atoms with Crippen molar-refractivity contribution in [3.63, 3.8) is 0 Å². The zero-order valence-electron chi connectivity index (χ0n) is 9.49. The summed E-state index contributed by atoms with van der Waals surface area (Å²) in [6.45, 7) is 0. The van der Waals surface area contributed by atoms with E-state index in [0.29, 0.717) is 6.04 Å². The van der Waals surface area contributed by atoms with Crippen LogP contribution in [0.25, 0.3) is 10.9 Å². The maximum absolute atomic E-state index is 4.37. The smallest absolute Gasteiger partial charge is 0.137 e. The molecule has 17 heavy (non-hydrogen) atoms. The van der Waals surface area contributed by atoms with Crippen molar-refractivity contribution in [3.8, 4) is 0 Å². The highest BCUT2D eigenvalue weighted by Gasteiger charge is 2.16. The second-order valence-electron chi connectivity index (χ2n) is 4.51. The topological polar surface area (TPSA) is 37.8 Å². The predicted octanol–water partition coefficient (Wildman–Crippen LogP) is 3.75. The number of hydrogen-bond donors (Lipinski definition) is 1. The molecule has 1 heterocycles. The van der Waals surface area contributed by atoms with Gasteiger partial charge in [-0.15, -0.1) is 0 Å². The Labute approximate surface area is 109 Å². The van der Waals surface area contributed by atoms with Gasteiger partial charge < -0.3 is 5.32 Å². The van der Waals surface area contributed by atoms with Crippen LogP contribution in [0.2, 0.25) is 0 Å². The minimum atomic E-state index is 0.576. The van der Waals surface area contributed by atoms with Crippen molar-refractivity contribution >= 4 is 32.7 Å². The number of fused-ring (bicyclic) bond motifs is 1. The van der Waals surface area contributed by atoms with Gasteiger partial charge in [-0.1, -0.05) is 28.8 Å². The summed E-state index contributed by atoms with van der Waals surface area (Å²) in [5, 5.41) is 4.63. The molecule has 0 amide bonds. The van der Waals surface area contributed by atoms with E-state index in [0.717, 1.165) is 21.2 Å². The molecule has 1 N–H and O–H groups in total. The van der Waals surface area contributed by atoms with E-state index >= 15 is 0 Å². The van der Waals surface area contributed by atoms with Crippen molar-refractivity contribution in [2.24, 2.45) is 0 Å². The average molecular weight is 292 g/mol. The van der Waals surface area contributed by atoms with E-state index < -0.39 is 0 Å². The molecule has 0 radical (unpaired) electrons. The second-order valence-corrected chi connectivity index (χ2v) is 5.43. The SMILES string of the molecule is Brc1ccc2ncnc(NC3CCCC3)c2c1. The third-order valence-electron chi connectivity index (χ3n) is 3.29. The summed E-state index contributed by atoms with van der Waals surface area (Å²) in [5.41, 5.74) is 0.990. The Kier molecular flexibility index (Phi) is 2.97. The van der Waals surface area contributed by atoms with Crippen molar-refractivity contribution in [1.29, 1.82) is 0 Å². The van der Waals surface area contributed by atoms with Crippen LogP contribution in [0.3, 0.4) is 0 Å². The molecule has 0 spiro atoms. The molecule has 4 heteroatoms. The number of benzene rings is 1. The van der Waals surface area contributed by atoms with Crippen LogP contribution in [-0.4, -0.2) is 16.0 Å². The highest BCUT2D eigenvalue weighted by molar-refractivity contribution is 9.10. The molecular formula is C13H14BrN3. The van der Waals surface area contributed by atoms with E-state index in [1.807, 2.05) is 12.1 Å². The van der Waals surface area contributed by atoms with Gasteiger partial charge in [0, 0.05) is 15.9 Å². The van der Waals surface area contributed by atoms with Gasteiger partial charge in [-0.05, 0) is 31.0 Å². The summed E-state index contributed by atoms with van der Waals surface area (Å²) in [4.78, 5) is 8.65. The molecular weight excluding hydrogens is 278 g/mol. The van der Waals surface area contributed by atoms with Gasteiger partial charge in [0.15, 0.2) is 0 Å². The van der Waals surface area contributed by atoms with E-state index in [1.165, 1.54) is 25.7 Å². The number of halogens is 1. The first-order valence-electron chi connectivity index (χ1n) is 6.00. The van der Waals surface area contributed by atoms with Gasteiger partial charge in [-0.25, -0.2) is 9.97 Å². The van der Waals surface area contributed by atoms with Crippen LogP contribution in [0.1, 0.15) is 25.7 Å². The lowest BCUT2D eigenvalue weighted by molar-refractivity contribution is 0.751. The number of nitrogens with zero attached hydrogens (tertiary/aromatic N) is 2. The standard InChI is InChI=1S/C13H14BrN3/c14-9-5-6-12-11(7-9)13(16-8-15-12)17-10-3-1-2-4-10/h5-8,10H,1-4H2,(H,15,16,17). The molecule has 0 unspecified atom stereocenters. The number of hydrogen-bond acceptors (Lipinski definition) is 3. The lowest BCUT2D eigenvalue weighted by Gasteiger charge is -2.14. The van der Waals surface area contributed by atoms with Crippen molar-refractivity contribution in [1.82, 2.24) is 9.97 Å². The Balaban J connectivity index is 1.99. The van der Waals surface area contributed by atoms with Crippen LogP contribution in [-0.2, 0) is 0 Å². The maximum Gasteiger partial charge on any atom is 0.137 e. The molecule has 1 aromatic carbocycles. The number of rotatable bonds is 2. The molecule has 0 atom stereocenters. The molecule has 1 saturated carbocycles. The average Bonchev–Trinajstić information content (AvgIpc) is 2.83. The summed E-state index contributed by atoms with van der Waals surface area (Å²) in [6, 6.07) is 6.68. The maximum atomic E-state index is 4.37. The van der Waals surface area contributed by atoms with Crippen molar-refractivity contribution in [2.75, 3.05) is 5.32 Å². The minimum Gasteiger partial charge on any atom is -0.367 e. The zero-order chi connectivity index (χ0) is 11.7. The van der Waals surface area contributed by atoms with E-state index in [9.17, 15) is 0 Å². The summed E-state index contributed by atoms with van der Waals surface area (Å²) in [6.07, 6.45) is 6.78. The predicted molar refractivity (Wildman–Crippen MR) is 73.1 cm³/mol. The van der Waals surface area contributed by atoms with Crippen LogP contribution in [0.15, 0.2) is 29.0 Å². The summed E-state index contributed by atoms with van der Waals surface area (Å²) >= 11 is 3.50. The fourth-order valence-electron chi connectivity index (χ4n) is 2.41. The van der Waals surface area contributed by atoms with Crippen molar-refractivity contribution in [2.45, 2.75) is 31.7 Å². The highest BCUT2D eigenvalue weighted by atomic mass is 79.9. The quantitative estimate of drug-likeness (QED) is 0.916. The molecule has 1 aliphatic carbocycles. The molecule has 2 aromatic rings. The van der Waals surface area contributed by atoms with Gasteiger partial charge in [0.2, 0.25) is 0 Å². The lowest BCUT2D eigenvalue weighted by Crippen LogP contribution is -2.15. The second kappa shape index (κ2) is 4.61. The molecule has 0 aliphatic heterocycles. The van der Waals surface area contributed by atoms with Crippen LogP contribution in [0.4, 0.5) is 5.82 Å². The van der Waals surface area contributed by atoms with Crippen LogP contribution in [0.5, 0.6) is 0 Å². The fraction of sp³-hybridized carbons (Fsp3) is 0.385. The monoisotopic (exact) mass is 291 g/mol. The Hall–Kier alpha value is -1.16. The molecule has 3 rings (SSSR count). The van der Waals surface area contributed by atoms with Gasteiger partial charge in [-0.3, -0.25) is 0 Å². The molecule has 1 fully saturated rings. The largest absolute Gasteiger partial charge is 0.367 e. The zero-order valence-corrected chi connectivity index (χ0v) is 11.1. The Morgan fingerprint density at radius 2 is 2.00 bits per heavy atom. The minimum absolute atomic E-state index is 0.576. The molecule has 88 valence electrons. The molecule has 0 saturated heterocycles. The van der Waals surface area contributed by atoms with Gasteiger partial charge in [0.05, 0.1) is 5.52 Å².